The Hall–Kier alpha value is -3.27. The van der Waals surface area contributed by atoms with Crippen LogP contribution in [0.25, 0.3) is 11.1 Å². The number of rotatable bonds is 9. The van der Waals surface area contributed by atoms with Gasteiger partial charge >= 0.3 is 0 Å². The number of carbonyl (C=O) groups excluding carboxylic acids is 1. The highest BCUT2D eigenvalue weighted by molar-refractivity contribution is 5.92. The molecule has 0 unspecified atom stereocenters. The number of ether oxygens (including phenoxy) is 2. The van der Waals surface area contributed by atoms with Crippen LogP contribution in [-0.4, -0.2) is 19.1 Å². The van der Waals surface area contributed by atoms with E-state index in [9.17, 15) is 4.79 Å². The number of nitrogens with one attached hydrogen (secondary N) is 1. The Kier molecular flexibility index (Phi) is 7.08. The number of hydrogen-bond donors (Lipinski definition) is 1. The zero-order valence-corrected chi connectivity index (χ0v) is 16.1. The van der Waals surface area contributed by atoms with Crippen molar-refractivity contribution in [3.8, 4) is 22.6 Å². The van der Waals surface area contributed by atoms with Gasteiger partial charge in [0, 0.05) is 11.8 Å². The number of anilines is 1. The average molecular weight is 375 g/mol. The molecule has 3 aromatic carbocycles. The third-order valence-corrected chi connectivity index (χ3v) is 4.22. The summed E-state index contributed by atoms with van der Waals surface area (Å²) >= 11 is 0. The summed E-state index contributed by atoms with van der Waals surface area (Å²) in [5.74, 6) is 1.20. The number of amides is 1. The molecule has 4 heteroatoms. The van der Waals surface area contributed by atoms with Crippen molar-refractivity contribution in [3.05, 3.63) is 78.9 Å². The van der Waals surface area contributed by atoms with Crippen LogP contribution < -0.4 is 14.8 Å². The zero-order valence-electron chi connectivity index (χ0n) is 16.1. The minimum absolute atomic E-state index is 0.0500. The van der Waals surface area contributed by atoms with E-state index in [0.717, 1.165) is 29.7 Å². The Bertz CT molecular complexity index is 876. The van der Waals surface area contributed by atoms with Crippen molar-refractivity contribution in [3.63, 3.8) is 0 Å². The summed E-state index contributed by atoms with van der Waals surface area (Å²) in [6.07, 6.45) is 2.09. The Morgan fingerprint density at radius 2 is 1.57 bits per heavy atom. The molecule has 0 bridgehead atoms. The van der Waals surface area contributed by atoms with Gasteiger partial charge in [-0.25, -0.2) is 0 Å². The maximum Gasteiger partial charge on any atom is 0.262 e. The molecule has 28 heavy (non-hydrogen) atoms. The summed E-state index contributed by atoms with van der Waals surface area (Å²) in [7, 11) is 0. The van der Waals surface area contributed by atoms with Crippen LogP contribution in [0.3, 0.4) is 0 Å². The summed E-state index contributed by atoms with van der Waals surface area (Å²) in [6, 6.07) is 25.2. The molecule has 3 rings (SSSR count). The molecule has 0 saturated carbocycles. The van der Waals surface area contributed by atoms with Gasteiger partial charge in [-0.15, -0.1) is 0 Å². The van der Waals surface area contributed by atoms with Crippen molar-refractivity contribution in [2.45, 2.75) is 19.8 Å². The molecule has 1 amide bonds. The molecule has 0 aromatic heterocycles. The van der Waals surface area contributed by atoms with Crippen LogP contribution >= 0.6 is 0 Å². The fourth-order valence-corrected chi connectivity index (χ4v) is 2.72. The van der Waals surface area contributed by atoms with Crippen molar-refractivity contribution in [1.82, 2.24) is 0 Å². The first-order valence-electron chi connectivity index (χ1n) is 9.55. The van der Waals surface area contributed by atoms with Crippen LogP contribution in [0.1, 0.15) is 19.8 Å². The van der Waals surface area contributed by atoms with E-state index in [1.165, 1.54) is 0 Å². The van der Waals surface area contributed by atoms with E-state index in [1.807, 2.05) is 66.7 Å². The summed E-state index contributed by atoms with van der Waals surface area (Å²) in [4.78, 5) is 12.2. The number of benzene rings is 3. The van der Waals surface area contributed by atoms with Gasteiger partial charge in [0.15, 0.2) is 6.61 Å². The molecule has 144 valence electrons. The van der Waals surface area contributed by atoms with E-state index >= 15 is 0 Å². The lowest BCUT2D eigenvalue weighted by atomic mass is 10.1. The van der Waals surface area contributed by atoms with E-state index in [2.05, 4.69) is 24.4 Å². The normalized spacial score (nSPS) is 10.3. The fraction of sp³-hybridized carbons (Fsp3) is 0.208. The first-order valence-corrected chi connectivity index (χ1v) is 9.55. The first-order chi connectivity index (χ1) is 13.7. The number of unbranched alkanes of at least 4 members (excludes halogenated alkanes) is 1. The van der Waals surface area contributed by atoms with Crippen LogP contribution in [0.4, 0.5) is 5.69 Å². The van der Waals surface area contributed by atoms with Crippen molar-refractivity contribution in [2.75, 3.05) is 18.5 Å². The third-order valence-electron chi connectivity index (χ3n) is 4.22. The largest absolute Gasteiger partial charge is 0.494 e. The minimum atomic E-state index is -0.210. The molecule has 0 aliphatic rings. The second kappa shape index (κ2) is 10.2. The van der Waals surface area contributed by atoms with Gasteiger partial charge in [0.05, 0.1) is 6.61 Å². The molecule has 0 aliphatic carbocycles. The fourth-order valence-electron chi connectivity index (χ4n) is 2.72. The van der Waals surface area contributed by atoms with Gasteiger partial charge in [-0.1, -0.05) is 61.9 Å². The second-order valence-electron chi connectivity index (χ2n) is 6.46. The highest BCUT2D eigenvalue weighted by atomic mass is 16.5. The molecule has 0 atom stereocenters. The quantitative estimate of drug-likeness (QED) is 0.499. The number of carbonyl (C=O) groups is 1. The molecule has 0 fully saturated rings. The monoisotopic (exact) mass is 375 g/mol. The van der Waals surface area contributed by atoms with Gasteiger partial charge in [-0.2, -0.15) is 0 Å². The van der Waals surface area contributed by atoms with Crippen LogP contribution in [-0.2, 0) is 4.79 Å². The molecule has 1 N–H and O–H groups in total. The molecular weight excluding hydrogens is 350 g/mol. The number of hydrogen-bond acceptors (Lipinski definition) is 3. The molecule has 0 aliphatic heterocycles. The molecule has 3 aromatic rings. The standard InChI is InChI=1S/C24H25NO3/c1-2-3-16-27-23-11-7-10-21(17-23)25-24(26)18-28-22-14-12-20(13-15-22)19-8-5-4-6-9-19/h4-15,17H,2-3,16,18H2,1H3,(H,25,26). The Labute approximate surface area is 166 Å². The maximum absolute atomic E-state index is 12.2. The lowest BCUT2D eigenvalue weighted by Crippen LogP contribution is -2.20. The lowest BCUT2D eigenvalue weighted by molar-refractivity contribution is -0.118. The summed E-state index contributed by atoms with van der Waals surface area (Å²) < 4.78 is 11.3. The highest BCUT2D eigenvalue weighted by Crippen LogP contribution is 2.22. The van der Waals surface area contributed by atoms with Gasteiger partial charge in [0.2, 0.25) is 0 Å². The van der Waals surface area contributed by atoms with Crippen LogP contribution in [0, 0.1) is 0 Å². The van der Waals surface area contributed by atoms with Crippen molar-refractivity contribution in [2.24, 2.45) is 0 Å². The van der Waals surface area contributed by atoms with Crippen molar-refractivity contribution in [1.29, 1.82) is 0 Å². The van der Waals surface area contributed by atoms with E-state index in [4.69, 9.17) is 9.47 Å². The third kappa shape index (κ3) is 5.88. The predicted octanol–water partition coefficient (Wildman–Crippen LogP) is 5.55. The topological polar surface area (TPSA) is 47.6 Å². The van der Waals surface area contributed by atoms with Crippen LogP contribution in [0.5, 0.6) is 11.5 Å². The summed E-state index contributed by atoms with van der Waals surface area (Å²) in [6.45, 7) is 2.75. The average Bonchev–Trinajstić information content (AvgIpc) is 2.74. The van der Waals surface area contributed by atoms with Gasteiger partial charge in [-0.3, -0.25) is 4.79 Å². The minimum Gasteiger partial charge on any atom is -0.494 e. The van der Waals surface area contributed by atoms with Gasteiger partial charge < -0.3 is 14.8 Å². The van der Waals surface area contributed by atoms with Gasteiger partial charge in [0.1, 0.15) is 11.5 Å². The van der Waals surface area contributed by atoms with Crippen LogP contribution in [0.2, 0.25) is 0 Å². The Balaban J connectivity index is 1.50. The molecular formula is C24H25NO3. The van der Waals surface area contributed by atoms with Crippen molar-refractivity contribution >= 4 is 11.6 Å². The Morgan fingerprint density at radius 3 is 2.32 bits per heavy atom. The summed E-state index contributed by atoms with van der Waals surface area (Å²) in [5.41, 5.74) is 2.95. The van der Waals surface area contributed by atoms with Crippen molar-refractivity contribution < 1.29 is 14.3 Å². The van der Waals surface area contributed by atoms with E-state index in [0.29, 0.717) is 18.0 Å². The Morgan fingerprint density at radius 1 is 0.821 bits per heavy atom. The molecule has 0 heterocycles. The highest BCUT2D eigenvalue weighted by Gasteiger charge is 2.05. The van der Waals surface area contributed by atoms with Crippen LogP contribution in [0.15, 0.2) is 78.9 Å². The predicted molar refractivity (Wildman–Crippen MR) is 113 cm³/mol. The summed E-state index contributed by atoms with van der Waals surface area (Å²) in [5, 5.41) is 2.84. The van der Waals surface area contributed by atoms with E-state index in [1.54, 1.807) is 0 Å². The maximum atomic E-state index is 12.2. The lowest BCUT2D eigenvalue weighted by Gasteiger charge is -2.10. The van der Waals surface area contributed by atoms with E-state index < -0.39 is 0 Å². The van der Waals surface area contributed by atoms with E-state index in [-0.39, 0.29) is 12.5 Å². The first kappa shape index (κ1) is 19.5. The molecule has 0 radical (unpaired) electrons. The zero-order chi connectivity index (χ0) is 19.6. The SMILES string of the molecule is CCCCOc1cccc(NC(=O)COc2ccc(-c3ccccc3)cc2)c1. The second-order valence-corrected chi connectivity index (χ2v) is 6.46. The van der Waals surface area contributed by atoms with Gasteiger partial charge in [0.25, 0.3) is 5.91 Å². The molecule has 0 spiro atoms. The molecule has 0 saturated heterocycles. The smallest absolute Gasteiger partial charge is 0.262 e. The molecule has 4 nitrogen and oxygen atoms in total. The van der Waals surface area contributed by atoms with Gasteiger partial charge in [-0.05, 0) is 41.8 Å².